The quantitative estimate of drug-likeness (QED) is 0.881. The van der Waals surface area contributed by atoms with Crippen LogP contribution in [0.4, 0.5) is 5.13 Å². The first-order chi connectivity index (χ1) is 10.6. The minimum atomic E-state index is -0.0374. The van der Waals surface area contributed by atoms with Crippen molar-refractivity contribution in [3.05, 3.63) is 22.4 Å². The van der Waals surface area contributed by atoms with E-state index < -0.39 is 0 Å². The fourth-order valence-electron chi connectivity index (χ4n) is 2.14. The number of carbonyl (C=O) groups is 2. The maximum Gasteiger partial charge on any atom is 0.229 e. The summed E-state index contributed by atoms with van der Waals surface area (Å²) in [4.78, 5) is 29.4. The molecule has 22 heavy (non-hydrogen) atoms. The van der Waals surface area contributed by atoms with Crippen LogP contribution in [0.2, 0.25) is 0 Å². The Balaban J connectivity index is 1.63. The van der Waals surface area contributed by atoms with E-state index in [9.17, 15) is 9.59 Å². The molecule has 1 saturated carbocycles. The van der Waals surface area contributed by atoms with Crippen LogP contribution >= 0.6 is 22.7 Å². The van der Waals surface area contributed by atoms with Crippen molar-refractivity contribution in [1.82, 2.24) is 10.3 Å². The minimum Gasteiger partial charge on any atom is -0.351 e. The van der Waals surface area contributed by atoms with Crippen molar-refractivity contribution in [2.75, 3.05) is 5.32 Å². The molecule has 2 amide bonds. The predicted molar refractivity (Wildman–Crippen MR) is 88.9 cm³/mol. The third-order valence-electron chi connectivity index (χ3n) is 3.64. The third kappa shape index (κ3) is 3.53. The molecular weight excluding hydrogens is 318 g/mol. The number of carbonyl (C=O) groups excluding carboxylic acids is 2. The highest BCUT2D eigenvalue weighted by Gasteiger charge is 2.25. The first kappa shape index (κ1) is 15.2. The number of thiazole rings is 1. The van der Waals surface area contributed by atoms with Gasteiger partial charge in [-0.15, -0.1) is 22.7 Å². The third-order valence-corrected chi connectivity index (χ3v) is 5.50. The van der Waals surface area contributed by atoms with Gasteiger partial charge in [0.1, 0.15) is 0 Å². The average molecular weight is 335 g/mol. The first-order valence-corrected chi connectivity index (χ1v) is 8.91. The molecule has 1 fully saturated rings. The SMILES string of the molecule is CC(=O)NCc1ccc(-c2csc(NC(=O)C3CCC3)n2)s1. The molecule has 2 aromatic rings. The summed E-state index contributed by atoms with van der Waals surface area (Å²) in [6, 6.07) is 3.98. The molecule has 5 nitrogen and oxygen atoms in total. The standard InChI is InChI=1S/C15H17N3O2S2/c1-9(19)16-7-11-5-6-13(22-11)12-8-21-15(17-12)18-14(20)10-3-2-4-10/h5-6,8,10H,2-4,7H2,1H3,(H,16,19)(H,17,18,20). The molecule has 0 aliphatic heterocycles. The second-order valence-electron chi connectivity index (χ2n) is 5.33. The Morgan fingerprint density at radius 3 is 2.86 bits per heavy atom. The van der Waals surface area contributed by atoms with Gasteiger partial charge in [-0.1, -0.05) is 6.42 Å². The number of amides is 2. The Bertz CT molecular complexity index is 689. The maximum absolute atomic E-state index is 11.9. The summed E-state index contributed by atoms with van der Waals surface area (Å²) in [6.45, 7) is 2.04. The number of thiophene rings is 1. The van der Waals surface area contributed by atoms with E-state index in [0.717, 1.165) is 34.7 Å². The first-order valence-electron chi connectivity index (χ1n) is 7.22. The monoisotopic (exact) mass is 335 g/mol. The Kier molecular flexibility index (Phi) is 4.54. The van der Waals surface area contributed by atoms with Gasteiger partial charge in [0.05, 0.1) is 17.1 Å². The number of hydrogen-bond donors (Lipinski definition) is 2. The van der Waals surface area contributed by atoms with Crippen molar-refractivity contribution in [1.29, 1.82) is 0 Å². The van der Waals surface area contributed by atoms with Gasteiger partial charge >= 0.3 is 0 Å². The zero-order valence-electron chi connectivity index (χ0n) is 12.2. The lowest BCUT2D eigenvalue weighted by Gasteiger charge is -2.23. The van der Waals surface area contributed by atoms with Crippen LogP contribution in [-0.4, -0.2) is 16.8 Å². The van der Waals surface area contributed by atoms with E-state index in [1.807, 2.05) is 17.5 Å². The van der Waals surface area contributed by atoms with E-state index in [4.69, 9.17) is 0 Å². The molecule has 1 aliphatic carbocycles. The number of anilines is 1. The van der Waals surface area contributed by atoms with Crippen LogP contribution in [0.3, 0.4) is 0 Å². The van der Waals surface area contributed by atoms with Crippen LogP contribution in [0.1, 0.15) is 31.1 Å². The van der Waals surface area contributed by atoms with Crippen LogP contribution in [-0.2, 0) is 16.1 Å². The van der Waals surface area contributed by atoms with Crippen LogP contribution in [0.25, 0.3) is 10.6 Å². The van der Waals surface area contributed by atoms with Crippen LogP contribution in [0, 0.1) is 5.92 Å². The molecule has 0 unspecified atom stereocenters. The molecule has 2 heterocycles. The van der Waals surface area contributed by atoms with E-state index in [1.165, 1.54) is 18.3 Å². The molecule has 2 N–H and O–H groups in total. The number of hydrogen-bond acceptors (Lipinski definition) is 5. The lowest BCUT2D eigenvalue weighted by Crippen LogP contribution is -2.27. The van der Waals surface area contributed by atoms with E-state index >= 15 is 0 Å². The Hall–Kier alpha value is -1.73. The van der Waals surface area contributed by atoms with Crippen molar-refractivity contribution in [2.45, 2.75) is 32.7 Å². The van der Waals surface area contributed by atoms with Gasteiger partial charge in [0.25, 0.3) is 0 Å². The molecular formula is C15H17N3O2S2. The summed E-state index contributed by atoms with van der Waals surface area (Å²) in [5.74, 6) is 0.215. The highest BCUT2D eigenvalue weighted by atomic mass is 32.1. The maximum atomic E-state index is 11.9. The summed E-state index contributed by atoms with van der Waals surface area (Å²) in [5.41, 5.74) is 0.869. The van der Waals surface area contributed by atoms with Crippen LogP contribution in [0.15, 0.2) is 17.5 Å². The molecule has 116 valence electrons. The van der Waals surface area contributed by atoms with Crippen molar-refractivity contribution in [3.8, 4) is 10.6 Å². The minimum absolute atomic E-state index is 0.0374. The van der Waals surface area contributed by atoms with Crippen LogP contribution < -0.4 is 10.6 Å². The topological polar surface area (TPSA) is 71.1 Å². The van der Waals surface area contributed by atoms with Gasteiger partial charge < -0.3 is 10.6 Å². The lowest BCUT2D eigenvalue weighted by molar-refractivity contribution is -0.122. The molecule has 0 radical (unpaired) electrons. The predicted octanol–water partition coefficient (Wildman–Crippen LogP) is 3.25. The smallest absolute Gasteiger partial charge is 0.229 e. The summed E-state index contributed by atoms with van der Waals surface area (Å²) in [7, 11) is 0. The van der Waals surface area contributed by atoms with E-state index in [0.29, 0.717) is 11.7 Å². The molecule has 2 aromatic heterocycles. The second kappa shape index (κ2) is 6.58. The zero-order valence-corrected chi connectivity index (χ0v) is 13.9. The van der Waals surface area contributed by atoms with Gasteiger partial charge in [-0.2, -0.15) is 0 Å². The van der Waals surface area contributed by atoms with Gasteiger partial charge in [0.2, 0.25) is 11.8 Å². The van der Waals surface area contributed by atoms with Gasteiger partial charge in [-0.3, -0.25) is 9.59 Å². The molecule has 7 heteroatoms. The van der Waals surface area contributed by atoms with E-state index in [-0.39, 0.29) is 17.7 Å². The highest BCUT2D eigenvalue weighted by molar-refractivity contribution is 7.17. The van der Waals surface area contributed by atoms with Crippen molar-refractivity contribution in [3.63, 3.8) is 0 Å². The molecule has 0 aromatic carbocycles. The number of aromatic nitrogens is 1. The van der Waals surface area contributed by atoms with Gasteiger partial charge in [-0.25, -0.2) is 4.98 Å². The summed E-state index contributed by atoms with van der Waals surface area (Å²) in [6.07, 6.45) is 3.12. The van der Waals surface area contributed by atoms with Crippen molar-refractivity contribution < 1.29 is 9.59 Å². The normalized spacial score (nSPS) is 14.4. The average Bonchev–Trinajstić information content (AvgIpc) is 3.02. The molecule has 3 rings (SSSR count). The van der Waals surface area contributed by atoms with Gasteiger partial charge in [-0.05, 0) is 25.0 Å². The summed E-state index contributed by atoms with van der Waals surface area (Å²) < 4.78 is 0. The van der Waals surface area contributed by atoms with E-state index in [2.05, 4.69) is 15.6 Å². The Labute approximate surface area is 136 Å². The number of rotatable bonds is 5. The summed E-state index contributed by atoms with van der Waals surface area (Å²) >= 11 is 3.04. The molecule has 0 bridgehead atoms. The summed E-state index contributed by atoms with van der Waals surface area (Å²) in [5, 5.41) is 8.28. The molecule has 0 spiro atoms. The van der Waals surface area contributed by atoms with Gasteiger partial charge in [0, 0.05) is 23.1 Å². The lowest BCUT2D eigenvalue weighted by atomic mass is 9.85. The highest BCUT2D eigenvalue weighted by Crippen LogP contribution is 2.32. The largest absolute Gasteiger partial charge is 0.351 e. The van der Waals surface area contributed by atoms with Gasteiger partial charge in [0.15, 0.2) is 5.13 Å². The van der Waals surface area contributed by atoms with Crippen LogP contribution in [0.5, 0.6) is 0 Å². The fourth-order valence-corrected chi connectivity index (χ4v) is 3.84. The van der Waals surface area contributed by atoms with Crippen molar-refractivity contribution >= 4 is 39.6 Å². The molecule has 0 saturated heterocycles. The van der Waals surface area contributed by atoms with Crippen molar-refractivity contribution in [2.24, 2.45) is 5.92 Å². The molecule has 0 atom stereocenters. The van der Waals surface area contributed by atoms with E-state index in [1.54, 1.807) is 11.3 Å². The fraction of sp³-hybridized carbons (Fsp3) is 0.400. The molecule has 1 aliphatic rings. The number of nitrogens with zero attached hydrogens (tertiary/aromatic N) is 1. The Morgan fingerprint density at radius 1 is 1.36 bits per heavy atom. The second-order valence-corrected chi connectivity index (χ2v) is 7.36. The number of nitrogens with one attached hydrogen (secondary N) is 2. The zero-order chi connectivity index (χ0) is 15.5. The Morgan fingerprint density at radius 2 is 2.18 bits per heavy atom.